The fourth-order valence-corrected chi connectivity index (χ4v) is 1.57. The van der Waals surface area contributed by atoms with E-state index in [-0.39, 0.29) is 5.69 Å². The first-order valence-corrected chi connectivity index (χ1v) is 5.74. The largest absolute Gasteiger partial charge is 0.276 e. The Bertz CT molecular complexity index is 664. The molecular formula is C16H11NO2. The van der Waals surface area contributed by atoms with Gasteiger partial charge in [-0.05, 0) is 30.4 Å². The molecule has 2 aromatic rings. The van der Waals surface area contributed by atoms with E-state index in [1.54, 1.807) is 30.4 Å². The second kappa shape index (κ2) is 6.18. The normalized spacial score (nSPS) is 9.89. The van der Waals surface area contributed by atoms with Crippen LogP contribution in [0.25, 0.3) is 6.08 Å². The second-order valence-electron chi connectivity index (χ2n) is 3.78. The number of nitro groups is 1. The zero-order valence-electron chi connectivity index (χ0n) is 10.1. The van der Waals surface area contributed by atoms with Crippen molar-refractivity contribution in [3.63, 3.8) is 0 Å². The summed E-state index contributed by atoms with van der Waals surface area (Å²) in [5.74, 6) is 5.82. The number of hydrogen-bond donors (Lipinski definition) is 0. The molecule has 0 bridgehead atoms. The van der Waals surface area contributed by atoms with Gasteiger partial charge >= 0.3 is 0 Å². The maximum atomic E-state index is 10.8. The fourth-order valence-electron chi connectivity index (χ4n) is 1.57. The first-order chi connectivity index (χ1) is 9.27. The Labute approximate surface area is 111 Å². The average Bonchev–Trinajstić information content (AvgIpc) is 2.45. The van der Waals surface area contributed by atoms with Crippen molar-refractivity contribution in [2.24, 2.45) is 0 Å². The highest BCUT2D eigenvalue weighted by Gasteiger charge is 2.08. The van der Waals surface area contributed by atoms with Gasteiger partial charge in [0.2, 0.25) is 0 Å². The zero-order chi connectivity index (χ0) is 13.5. The summed E-state index contributed by atoms with van der Waals surface area (Å²) in [5, 5.41) is 10.8. The molecule has 0 aliphatic rings. The number of nitro benzene ring substituents is 1. The average molecular weight is 249 g/mol. The van der Waals surface area contributed by atoms with Crippen LogP contribution in [-0.2, 0) is 0 Å². The van der Waals surface area contributed by atoms with Gasteiger partial charge in [0, 0.05) is 11.6 Å². The molecule has 0 saturated carbocycles. The van der Waals surface area contributed by atoms with Crippen LogP contribution >= 0.6 is 0 Å². The minimum Gasteiger partial charge on any atom is -0.258 e. The molecule has 0 aliphatic heterocycles. The van der Waals surface area contributed by atoms with Gasteiger partial charge in [-0.2, -0.15) is 0 Å². The molecular weight excluding hydrogens is 238 g/mol. The number of nitrogens with zero attached hydrogens (tertiary/aromatic N) is 1. The molecule has 3 heteroatoms. The van der Waals surface area contributed by atoms with Crippen LogP contribution in [0.3, 0.4) is 0 Å². The van der Waals surface area contributed by atoms with Crippen molar-refractivity contribution in [1.82, 2.24) is 0 Å². The van der Waals surface area contributed by atoms with E-state index in [2.05, 4.69) is 11.8 Å². The monoisotopic (exact) mass is 249 g/mol. The minimum atomic E-state index is -0.399. The van der Waals surface area contributed by atoms with Gasteiger partial charge in [-0.25, -0.2) is 0 Å². The van der Waals surface area contributed by atoms with E-state index in [1.807, 2.05) is 30.3 Å². The van der Waals surface area contributed by atoms with Gasteiger partial charge in [-0.15, -0.1) is 0 Å². The smallest absolute Gasteiger partial charge is 0.258 e. The van der Waals surface area contributed by atoms with Crippen LogP contribution in [0.1, 0.15) is 11.1 Å². The lowest BCUT2D eigenvalue weighted by Gasteiger charge is -1.94. The molecule has 0 aromatic heterocycles. The number of allylic oxidation sites excluding steroid dienone is 1. The van der Waals surface area contributed by atoms with Crippen molar-refractivity contribution in [2.75, 3.05) is 0 Å². The van der Waals surface area contributed by atoms with Gasteiger partial charge in [-0.1, -0.05) is 42.2 Å². The third-order valence-corrected chi connectivity index (χ3v) is 2.47. The minimum absolute atomic E-state index is 0.0836. The highest BCUT2D eigenvalue weighted by molar-refractivity contribution is 5.62. The van der Waals surface area contributed by atoms with Crippen LogP contribution < -0.4 is 0 Å². The molecule has 0 atom stereocenters. The molecule has 0 unspecified atom stereocenters. The second-order valence-corrected chi connectivity index (χ2v) is 3.78. The maximum Gasteiger partial charge on any atom is 0.276 e. The molecule has 19 heavy (non-hydrogen) atoms. The molecule has 92 valence electrons. The van der Waals surface area contributed by atoms with Gasteiger partial charge in [0.1, 0.15) is 0 Å². The van der Waals surface area contributed by atoms with E-state index in [9.17, 15) is 10.1 Å². The summed E-state index contributed by atoms with van der Waals surface area (Å²) < 4.78 is 0. The van der Waals surface area contributed by atoms with Crippen LogP contribution in [0.5, 0.6) is 0 Å². The first-order valence-electron chi connectivity index (χ1n) is 5.74. The Morgan fingerprint density at radius 3 is 2.42 bits per heavy atom. The van der Waals surface area contributed by atoms with E-state index in [0.29, 0.717) is 5.56 Å². The van der Waals surface area contributed by atoms with Crippen molar-refractivity contribution in [1.29, 1.82) is 0 Å². The van der Waals surface area contributed by atoms with Gasteiger partial charge in [0.15, 0.2) is 0 Å². The summed E-state index contributed by atoms with van der Waals surface area (Å²) in [7, 11) is 0. The lowest BCUT2D eigenvalue weighted by Crippen LogP contribution is -1.90. The lowest BCUT2D eigenvalue weighted by atomic mass is 10.1. The van der Waals surface area contributed by atoms with Gasteiger partial charge < -0.3 is 0 Å². The van der Waals surface area contributed by atoms with E-state index in [1.165, 1.54) is 6.07 Å². The molecule has 0 aliphatic carbocycles. The number of rotatable bonds is 2. The van der Waals surface area contributed by atoms with Crippen LogP contribution in [-0.4, -0.2) is 4.92 Å². The Hall–Kier alpha value is -2.86. The summed E-state index contributed by atoms with van der Waals surface area (Å²) in [4.78, 5) is 10.4. The zero-order valence-corrected chi connectivity index (χ0v) is 10.1. The summed E-state index contributed by atoms with van der Waals surface area (Å²) in [6, 6.07) is 16.1. The van der Waals surface area contributed by atoms with Crippen molar-refractivity contribution >= 4 is 11.8 Å². The standard InChI is InChI=1S/C16H11NO2/c18-17(19)16-13-7-6-12-15(16)11-5-4-10-14-8-2-1-3-9-14/h1-3,5-9,11-13H/b11-5+. The molecule has 0 amide bonds. The molecule has 2 aromatic carbocycles. The van der Waals surface area contributed by atoms with Gasteiger partial charge in [0.05, 0.1) is 10.5 Å². The van der Waals surface area contributed by atoms with Crippen molar-refractivity contribution in [3.05, 3.63) is 81.9 Å². The Balaban J connectivity index is 2.17. The van der Waals surface area contributed by atoms with E-state index in [4.69, 9.17) is 0 Å². The predicted molar refractivity (Wildman–Crippen MR) is 75.5 cm³/mol. The van der Waals surface area contributed by atoms with Gasteiger partial charge in [0.25, 0.3) is 5.69 Å². The molecule has 0 spiro atoms. The summed E-state index contributed by atoms with van der Waals surface area (Å²) in [5.41, 5.74) is 1.55. The molecule has 0 heterocycles. The van der Waals surface area contributed by atoms with Crippen molar-refractivity contribution in [3.8, 4) is 11.8 Å². The molecule has 0 saturated heterocycles. The molecule has 3 nitrogen and oxygen atoms in total. The molecule has 0 radical (unpaired) electrons. The quantitative estimate of drug-likeness (QED) is 0.463. The van der Waals surface area contributed by atoms with E-state index >= 15 is 0 Å². The van der Waals surface area contributed by atoms with Crippen LogP contribution in [0.15, 0.2) is 60.7 Å². The molecule has 2 rings (SSSR count). The van der Waals surface area contributed by atoms with Crippen LogP contribution in [0, 0.1) is 22.0 Å². The van der Waals surface area contributed by atoms with E-state index in [0.717, 1.165) is 5.56 Å². The Morgan fingerprint density at radius 2 is 1.68 bits per heavy atom. The Kier molecular flexibility index (Phi) is 4.09. The summed E-state index contributed by atoms with van der Waals surface area (Å²) in [6.07, 6.45) is 3.27. The highest BCUT2D eigenvalue weighted by atomic mass is 16.6. The molecule has 0 N–H and O–H groups in total. The fraction of sp³-hybridized carbons (Fsp3) is 0. The van der Waals surface area contributed by atoms with Gasteiger partial charge in [-0.3, -0.25) is 10.1 Å². The lowest BCUT2D eigenvalue weighted by molar-refractivity contribution is -0.385. The highest BCUT2D eigenvalue weighted by Crippen LogP contribution is 2.18. The Morgan fingerprint density at radius 1 is 1.00 bits per heavy atom. The summed E-state index contributed by atoms with van der Waals surface area (Å²) >= 11 is 0. The third kappa shape index (κ3) is 3.55. The SMILES string of the molecule is O=[N+]([O-])c1ccccc1/C=C/C#Cc1ccccc1. The third-order valence-electron chi connectivity index (χ3n) is 2.47. The van der Waals surface area contributed by atoms with Crippen LogP contribution in [0.4, 0.5) is 5.69 Å². The van der Waals surface area contributed by atoms with Crippen LogP contribution in [0.2, 0.25) is 0 Å². The first kappa shape index (κ1) is 12.6. The summed E-state index contributed by atoms with van der Waals surface area (Å²) in [6.45, 7) is 0. The predicted octanol–water partition coefficient (Wildman–Crippen LogP) is 3.66. The number of benzene rings is 2. The van der Waals surface area contributed by atoms with E-state index < -0.39 is 4.92 Å². The molecule has 0 fully saturated rings. The number of hydrogen-bond acceptors (Lipinski definition) is 2. The maximum absolute atomic E-state index is 10.8. The number of para-hydroxylation sites is 1. The van der Waals surface area contributed by atoms with Crippen molar-refractivity contribution in [2.45, 2.75) is 0 Å². The topological polar surface area (TPSA) is 43.1 Å². The van der Waals surface area contributed by atoms with Crippen molar-refractivity contribution < 1.29 is 4.92 Å².